The van der Waals surface area contributed by atoms with E-state index in [4.69, 9.17) is 0 Å². The predicted octanol–water partition coefficient (Wildman–Crippen LogP) is -3.13. The molecule has 0 saturated carbocycles. The number of hydrogen-bond donors (Lipinski definition) is 0. The molecule has 1 radical (unpaired) electrons. The molecule has 2 rings (SSSR count). The van der Waals surface area contributed by atoms with Gasteiger partial charge in [-0.05, 0) is 0 Å². The van der Waals surface area contributed by atoms with Crippen molar-refractivity contribution in [2.75, 3.05) is 0 Å². The fourth-order valence-electron chi connectivity index (χ4n) is 1.31. The molecule has 0 aromatic heterocycles. The van der Waals surface area contributed by atoms with Gasteiger partial charge in [-0.1, -0.05) is 13.0 Å². The molecule has 0 heterocycles. The molecule has 2 aromatic carbocycles. The van der Waals surface area contributed by atoms with Crippen LogP contribution in [-0.2, 0) is 21.7 Å². The van der Waals surface area contributed by atoms with Crippen LogP contribution in [0.15, 0.2) is 36.4 Å². The number of hydrogen-bond acceptors (Lipinski definition) is 0. The van der Waals surface area contributed by atoms with Gasteiger partial charge in [-0.2, -0.15) is 6.07 Å². The Balaban J connectivity index is 0. The minimum atomic E-state index is 0. The van der Waals surface area contributed by atoms with E-state index < -0.39 is 0 Å². The van der Waals surface area contributed by atoms with Crippen LogP contribution < -0.4 is 24.8 Å². The molecule has 0 aliphatic carbocycles. The van der Waals surface area contributed by atoms with Gasteiger partial charge in [-0.25, -0.2) is 0 Å². The third kappa shape index (κ3) is 3.40. The number of rotatable bonds is 0. The van der Waals surface area contributed by atoms with E-state index in [1.54, 1.807) is 0 Å². The van der Waals surface area contributed by atoms with Gasteiger partial charge >= 0.3 is 21.7 Å². The molecule has 0 saturated heterocycles. The fourth-order valence-corrected chi connectivity index (χ4v) is 1.31. The third-order valence-electron chi connectivity index (χ3n) is 1.76. The predicted molar refractivity (Wildman–Crippen MR) is 44.3 cm³/mol. The van der Waals surface area contributed by atoms with Crippen molar-refractivity contribution in [1.82, 2.24) is 0 Å². The van der Waals surface area contributed by atoms with Crippen LogP contribution in [0, 0.1) is 6.92 Å². The smallest absolute Gasteiger partial charge is 1.00 e. The van der Waals surface area contributed by atoms with E-state index >= 15 is 0 Å². The summed E-state index contributed by atoms with van der Waals surface area (Å²) in [5.74, 6) is 0. The number of benzene rings is 1. The summed E-state index contributed by atoms with van der Waals surface area (Å²) in [5.41, 5.74) is 1.35. The molecule has 0 aliphatic rings. The summed E-state index contributed by atoms with van der Waals surface area (Å²) >= 11 is 0. The summed E-state index contributed by atoms with van der Waals surface area (Å²) in [4.78, 5) is 0. The van der Waals surface area contributed by atoms with Gasteiger partial charge in [0.05, 0.1) is 0 Å². The van der Waals surface area contributed by atoms with Crippen molar-refractivity contribution in [2.24, 2.45) is 0 Å². The molecular weight excluding hydrogens is 239 g/mol. The van der Waals surface area contributed by atoms with Gasteiger partial charge in [0.2, 0.25) is 0 Å². The molecule has 0 bridgehead atoms. The minimum Gasteiger partial charge on any atom is -1.00 e. The Bertz CT molecular complexity index is 321. The van der Waals surface area contributed by atoms with Crippen LogP contribution in [0.2, 0.25) is 0 Å². The molecule has 67 valence electrons. The Kier molecular flexibility index (Phi) is 7.87. The van der Waals surface area contributed by atoms with Crippen molar-refractivity contribution < 1.29 is 46.5 Å². The fraction of sp³-hybridized carbons (Fsp3) is 0.100. The topological polar surface area (TPSA) is 0 Å². The first-order chi connectivity index (χ1) is 4.86. The van der Waals surface area contributed by atoms with Crippen LogP contribution in [-0.4, -0.2) is 0 Å². The molecule has 0 nitrogen and oxygen atoms in total. The molecule has 13 heavy (non-hydrogen) atoms. The molecular formula is C10H9Cl2Ti. The van der Waals surface area contributed by atoms with Gasteiger partial charge in [0.15, 0.2) is 0 Å². The Morgan fingerprint density at radius 2 is 1.69 bits per heavy atom. The second kappa shape index (κ2) is 6.56. The van der Waals surface area contributed by atoms with Crippen molar-refractivity contribution in [3.05, 3.63) is 42.0 Å². The van der Waals surface area contributed by atoms with Crippen LogP contribution in [0.25, 0.3) is 10.8 Å². The molecule has 0 atom stereocenters. The van der Waals surface area contributed by atoms with Crippen LogP contribution in [0.3, 0.4) is 0 Å². The molecule has 3 heteroatoms. The summed E-state index contributed by atoms with van der Waals surface area (Å²) in [7, 11) is 0. The molecule has 0 aliphatic heterocycles. The minimum absolute atomic E-state index is 0. The Hall–Kier alpha value is 0.124. The van der Waals surface area contributed by atoms with Gasteiger partial charge in [-0.3, -0.25) is 0 Å². The molecule has 2 aromatic rings. The van der Waals surface area contributed by atoms with Crippen molar-refractivity contribution in [1.29, 1.82) is 0 Å². The summed E-state index contributed by atoms with van der Waals surface area (Å²) in [6.45, 7) is 2.12. The van der Waals surface area contributed by atoms with E-state index in [1.165, 1.54) is 16.3 Å². The molecule has 0 N–H and O–H groups in total. The number of fused-ring (bicyclic) bond motifs is 1. The number of aryl methyl sites for hydroxylation is 1. The van der Waals surface area contributed by atoms with Gasteiger partial charge < -0.3 is 24.8 Å². The van der Waals surface area contributed by atoms with Gasteiger partial charge in [0.1, 0.15) is 0 Å². The van der Waals surface area contributed by atoms with E-state index in [2.05, 4.69) is 43.3 Å². The van der Waals surface area contributed by atoms with Crippen LogP contribution >= 0.6 is 0 Å². The SMILES string of the molecule is Cc1cc2ccccc2[cH-]1.[Cl-].[Cl-].[Ti+3]. The van der Waals surface area contributed by atoms with E-state index in [0.29, 0.717) is 0 Å². The Morgan fingerprint density at radius 3 is 2.31 bits per heavy atom. The Labute approximate surface area is 106 Å². The summed E-state index contributed by atoms with van der Waals surface area (Å²) in [6, 6.07) is 12.8. The maximum atomic E-state index is 2.20. The first kappa shape index (κ1) is 15.6. The normalized spacial score (nSPS) is 8.08. The maximum Gasteiger partial charge on any atom is 3.00 e. The largest absolute Gasteiger partial charge is 3.00 e. The van der Waals surface area contributed by atoms with Gasteiger partial charge in [0.25, 0.3) is 0 Å². The molecule has 0 spiro atoms. The van der Waals surface area contributed by atoms with Crippen LogP contribution in [0.4, 0.5) is 0 Å². The number of halogens is 2. The first-order valence-corrected chi connectivity index (χ1v) is 3.48. The standard InChI is InChI=1S/C10H9.2ClH.Ti/c1-8-6-9-4-2-3-5-10(9)7-8;;;/h2-7H,1H3;2*1H;/q-1;;;+3/p-2. The van der Waals surface area contributed by atoms with Crippen molar-refractivity contribution in [2.45, 2.75) is 6.92 Å². The summed E-state index contributed by atoms with van der Waals surface area (Å²) in [5, 5.41) is 2.69. The average molecular weight is 248 g/mol. The zero-order valence-electron chi connectivity index (χ0n) is 7.22. The third-order valence-corrected chi connectivity index (χ3v) is 1.76. The van der Waals surface area contributed by atoms with E-state index in [9.17, 15) is 0 Å². The molecule has 0 amide bonds. The zero-order chi connectivity index (χ0) is 6.97. The quantitative estimate of drug-likeness (QED) is 0.341. The maximum absolute atomic E-state index is 2.20. The monoisotopic (exact) mass is 247 g/mol. The Morgan fingerprint density at radius 1 is 1.08 bits per heavy atom. The van der Waals surface area contributed by atoms with Crippen molar-refractivity contribution >= 4 is 10.8 Å². The summed E-state index contributed by atoms with van der Waals surface area (Å²) in [6.07, 6.45) is 0. The van der Waals surface area contributed by atoms with Gasteiger partial charge in [-0.15, -0.1) is 40.6 Å². The molecule has 0 unspecified atom stereocenters. The zero-order valence-corrected chi connectivity index (χ0v) is 10.3. The van der Waals surface area contributed by atoms with Gasteiger partial charge in [0, 0.05) is 0 Å². The van der Waals surface area contributed by atoms with Crippen molar-refractivity contribution in [3.63, 3.8) is 0 Å². The van der Waals surface area contributed by atoms with E-state index in [0.717, 1.165) is 0 Å². The second-order valence-corrected chi connectivity index (χ2v) is 2.66. The van der Waals surface area contributed by atoms with Crippen LogP contribution in [0.1, 0.15) is 5.56 Å². The van der Waals surface area contributed by atoms with Crippen LogP contribution in [0.5, 0.6) is 0 Å². The first-order valence-electron chi connectivity index (χ1n) is 3.48. The van der Waals surface area contributed by atoms with Crippen molar-refractivity contribution in [3.8, 4) is 0 Å². The average Bonchev–Trinajstić information content (AvgIpc) is 2.27. The molecule has 0 fully saturated rings. The summed E-state index contributed by atoms with van der Waals surface area (Å²) < 4.78 is 0. The van der Waals surface area contributed by atoms with E-state index in [1.807, 2.05) is 0 Å². The van der Waals surface area contributed by atoms with E-state index in [-0.39, 0.29) is 46.5 Å². The second-order valence-electron chi connectivity index (χ2n) is 2.66.